The Morgan fingerprint density at radius 2 is 1.63 bits per heavy atom. The summed E-state index contributed by atoms with van der Waals surface area (Å²) in [6, 6.07) is 27.2. The van der Waals surface area contributed by atoms with E-state index in [1.165, 1.54) is 0 Å². The number of hydrogen-bond acceptors (Lipinski definition) is 5. The number of carbonyl (C=O) groups excluding carboxylic acids is 1. The van der Waals surface area contributed by atoms with Crippen LogP contribution in [0.5, 0.6) is 5.75 Å². The first-order chi connectivity index (χ1) is 14.8. The Kier molecular flexibility index (Phi) is 5.13. The van der Waals surface area contributed by atoms with Crippen molar-refractivity contribution in [2.24, 2.45) is 0 Å². The summed E-state index contributed by atoms with van der Waals surface area (Å²) in [6.07, 6.45) is -0.814. The van der Waals surface area contributed by atoms with Gasteiger partial charge in [-0.1, -0.05) is 72.8 Å². The van der Waals surface area contributed by atoms with E-state index in [1.54, 1.807) is 17.4 Å². The zero-order chi connectivity index (χ0) is 20.3. The molecule has 1 aliphatic heterocycles. The highest BCUT2D eigenvalue weighted by molar-refractivity contribution is 7.13. The van der Waals surface area contributed by atoms with Gasteiger partial charge in [0, 0.05) is 10.9 Å². The molecule has 3 aromatic carbocycles. The molecule has 1 fully saturated rings. The number of ketones is 1. The molecule has 1 aliphatic rings. The standard InChI is InChI=1S/C25H19NO3S/c27-22(19-13-7-8-14-21(19)28-15-17-9-3-1-4-10-17)24-23(29-24)20-16-30-25(26-20)18-11-5-2-6-12-18/h1-14,16,23-24H,15H2/t23-,24+/m1/s1. The predicted molar refractivity (Wildman–Crippen MR) is 117 cm³/mol. The number of epoxide rings is 1. The number of aromatic nitrogens is 1. The normalized spacial score (nSPS) is 17.5. The molecule has 5 rings (SSSR count). The zero-order valence-electron chi connectivity index (χ0n) is 16.1. The average Bonchev–Trinajstić information content (AvgIpc) is 3.46. The number of nitrogens with zero attached hydrogens (tertiary/aromatic N) is 1. The van der Waals surface area contributed by atoms with E-state index in [0.29, 0.717) is 17.9 Å². The van der Waals surface area contributed by atoms with Crippen LogP contribution in [0.3, 0.4) is 0 Å². The van der Waals surface area contributed by atoms with E-state index in [4.69, 9.17) is 9.47 Å². The number of hydrogen-bond donors (Lipinski definition) is 0. The molecule has 148 valence electrons. The summed E-state index contributed by atoms with van der Waals surface area (Å²) >= 11 is 1.56. The molecule has 2 atom stereocenters. The number of para-hydroxylation sites is 1. The highest BCUT2D eigenvalue weighted by atomic mass is 32.1. The zero-order valence-corrected chi connectivity index (χ0v) is 16.9. The van der Waals surface area contributed by atoms with Gasteiger partial charge in [0.1, 0.15) is 23.5 Å². The lowest BCUT2D eigenvalue weighted by Crippen LogP contribution is -2.11. The monoisotopic (exact) mass is 413 g/mol. The summed E-state index contributed by atoms with van der Waals surface area (Å²) in [6.45, 7) is 0.409. The molecule has 0 saturated carbocycles. The molecule has 0 radical (unpaired) electrons. The molecule has 30 heavy (non-hydrogen) atoms. The summed E-state index contributed by atoms with van der Waals surface area (Å²) in [5, 5.41) is 2.90. The fourth-order valence-corrected chi connectivity index (χ4v) is 4.20. The molecule has 5 heteroatoms. The lowest BCUT2D eigenvalue weighted by Gasteiger charge is -2.10. The van der Waals surface area contributed by atoms with Gasteiger partial charge < -0.3 is 9.47 Å². The average molecular weight is 413 g/mol. The maximum absolute atomic E-state index is 13.1. The minimum atomic E-state index is -0.516. The summed E-state index contributed by atoms with van der Waals surface area (Å²) in [5.74, 6) is 0.502. The van der Waals surface area contributed by atoms with Gasteiger partial charge in [-0.15, -0.1) is 11.3 Å². The molecule has 0 aliphatic carbocycles. The Morgan fingerprint density at radius 1 is 0.933 bits per heavy atom. The van der Waals surface area contributed by atoms with Crippen molar-refractivity contribution in [3.05, 3.63) is 107 Å². The molecular weight excluding hydrogens is 394 g/mol. The maximum atomic E-state index is 13.1. The van der Waals surface area contributed by atoms with Crippen molar-refractivity contribution in [3.63, 3.8) is 0 Å². The van der Waals surface area contributed by atoms with Gasteiger partial charge in [0.2, 0.25) is 0 Å². The number of ether oxygens (including phenoxy) is 2. The predicted octanol–water partition coefficient (Wildman–Crippen LogP) is 5.71. The molecule has 4 nitrogen and oxygen atoms in total. The van der Waals surface area contributed by atoms with E-state index in [0.717, 1.165) is 21.8 Å². The van der Waals surface area contributed by atoms with Crippen LogP contribution in [0.4, 0.5) is 0 Å². The molecule has 4 aromatic rings. The number of Topliss-reactive ketones (excluding diaryl/α,β-unsaturated/α-hetero) is 1. The summed E-state index contributed by atoms with van der Waals surface area (Å²) in [4.78, 5) is 17.7. The Morgan fingerprint density at radius 3 is 2.43 bits per heavy atom. The number of thiazole rings is 1. The van der Waals surface area contributed by atoms with Crippen molar-refractivity contribution >= 4 is 17.1 Å². The number of carbonyl (C=O) groups is 1. The first-order valence-corrected chi connectivity index (χ1v) is 10.6. The second-order valence-electron chi connectivity index (χ2n) is 7.06. The van der Waals surface area contributed by atoms with E-state index < -0.39 is 6.10 Å². The largest absolute Gasteiger partial charge is 0.488 e. The maximum Gasteiger partial charge on any atom is 0.198 e. The van der Waals surface area contributed by atoms with Gasteiger partial charge in [-0.2, -0.15) is 0 Å². The van der Waals surface area contributed by atoms with Gasteiger partial charge in [-0.05, 0) is 17.7 Å². The van der Waals surface area contributed by atoms with Crippen molar-refractivity contribution in [2.75, 3.05) is 0 Å². The SMILES string of the molecule is O=C(c1ccccc1OCc1ccccc1)[C@@H]1O[C@@H]1c1csc(-c2ccccc2)n1. The van der Waals surface area contributed by atoms with Gasteiger partial charge in [0.15, 0.2) is 11.9 Å². The second-order valence-corrected chi connectivity index (χ2v) is 7.91. The van der Waals surface area contributed by atoms with Crippen LogP contribution >= 0.6 is 11.3 Å². The molecule has 0 N–H and O–H groups in total. The van der Waals surface area contributed by atoms with Gasteiger partial charge in [-0.3, -0.25) is 4.79 Å². The van der Waals surface area contributed by atoms with Crippen LogP contribution in [0.1, 0.15) is 27.7 Å². The summed E-state index contributed by atoms with van der Waals surface area (Å²) in [7, 11) is 0. The van der Waals surface area contributed by atoms with Crippen LogP contribution in [0.15, 0.2) is 90.3 Å². The van der Waals surface area contributed by atoms with E-state index in [9.17, 15) is 4.79 Å². The minimum absolute atomic E-state index is 0.0714. The van der Waals surface area contributed by atoms with E-state index in [-0.39, 0.29) is 11.9 Å². The lowest BCUT2D eigenvalue weighted by atomic mass is 10.0. The van der Waals surface area contributed by atoms with Crippen LogP contribution in [-0.2, 0) is 11.3 Å². The quantitative estimate of drug-likeness (QED) is 0.288. The highest BCUT2D eigenvalue weighted by Crippen LogP contribution is 2.43. The second kappa shape index (κ2) is 8.22. The van der Waals surface area contributed by atoms with E-state index in [1.807, 2.05) is 84.2 Å². The van der Waals surface area contributed by atoms with Crippen molar-refractivity contribution < 1.29 is 14.3 Å². The molecule has 0 spiro atoms. The van der Waals surface area contributed by atoms with Gasteiger partial charge in [-0.25, -0.2) is 4.98 Å². The Bertz CT molecular complexity index is 1160. The molecule has 1 aromatic heterocycles. The van der Waals surface area contributed by atoms with Gasteiger partial charge in [0.05, 0.1) is 11.3 Å². The Balaban J connectivity index is 1.29. The molecule has 0 unspecified atom stereocenters. The minimum Gasteiger partial charge on any atom is -0.488 e. The van der Waals surface area contributed by atoms with Crippen LogP contribution in [-0.4, -0.2) is 16.9 Å². The first-order valence-electron chi connectivity index (χ1n) is 9.76. The fourth-order valence-electron chi connectivity index (χ4n) is 3.35. The molecular formula is C25H19NO3S. The van der Waals surface area contributed by atoms with E-state index >= 15 is 0 Å². The van der Waals surface area contributed by atoms with Crippen molar-refractivity contribution in [1.29, 1.82) is 0 Å². The lowest BCUT2D eigenvalue weighted by molar-refractivity contribution is 0.0949. The van der Waals surface area contributed by atoms with Gasteiger partial charge in [0.25, 0.3) is 0 Å². The first kappa shape index (κ1) is 18.7. The summed E-state index contributed by atoms with van der Waals surface area (Å²) in [5.41, 5.74) is 3.47. The van der Waals surface area contributed by atoms with E-state index in [2.05, 4.69) is 4.98 Å². The summed E-state index contributed by atoms with van der Waals surface area (Å²) < 4.78 is 11.7. The number of benzene rings is 3. The van der Waals surface area contributed by atoms with Gasteiger partial charge >= 0.3 is 0 Å². The highest BCUT2D eigenvalue weighted by Gasteiger charge is 2.48. The Labute approximate surface area is 178 Å². The Hall–Kier alpha value is -3.28. The fraction of sp³-hybridized carbons (Fsp3) is 0.120. The molecule has 2 heterocycles. The number of rotatable bonds is 7. The molecule has 0 bridgehead atoms. The third kappa shape index (κ3) is 3.90. The van der Waals surface area contributed by atoms with Crippen LogP contribution < -0.4 is 4.74 Å². The van der Waals surface area contributed by atoms with Crippen LogP contribution in [0.25, 0.3) is 10.6 Å². The van der Waals surface area contributed by atoms with Crippen LogP contribution in [0.2, 0.25) is 0 Å². The third-order valence-electron chi connectivity index (χ3n) is 4.97. The molecule has 0 amide bonds. The van der Waals surface area contributed by atoms with Crippen molar-refractivity contribution in [2.45, 2.75) is 18.8 Å². The van der Waals surface area contributed by atoms with Crippen LogP contribution in [0, 0.1) is 0 Å². The topological polar surface area (TPSA) is 51.7 Å². The molecule has 1 saturated heterocycles. The smallest absolute Gasteiger partial charge is 0.198 e. The van der Waals surface area contributed by atoms with Crippen molar-refractivity contribution in [3.8, 4) is 16.3 Å². The van der Waals surface area contributed by atoms with Crippen molar-refractivity contribution in [1.82, 2.24) is 4.98 Å². The third-order valence-corrected chi connectivity index (χ3v) is 5.88.